The van der Waals surface area contributed by atoms with Crippen LogP contribution in [0.15, 0.2) is 18.2 Å². The fourth-order valence-electron chi connectivity index (χ4n) is 3.58. The lowest BCUT2D eigenvalue weighted by molar-refractivity contribution is 0.444. The molecule has 1 rings (SSSR count). The minimum Gasteiger partial charge on any atom is -0.508 e. The first-order valence-corrected chi connectivity index (χ1v) is 11.1. The van der Waals surface area contributed by atoms with Gasteiger partial charge in [0.15, 0.2) is 0 Å². The lowest BCUT2D eigenvalue weighted by Gasteiger charge is -2.06. The highest BCUT2D eigenvalue weighted by atomic mass is 16.3. The summed E-state index contributed by atoms with van der Waals surface area (Å²) in [6.07, 6.45) is 20.0. The second-order valence-corrected chi connectivity index (χ2v) is 8.34. The van der Waals surface area contributed by atoms with Gasteiger partial charge in [0.25, 0.3) is 0 Å². The van der Waals surface area contributed by atoms with Crippen LogP contribution in [0, 0.1) is 5.92 Å². The Balaban J connectivity index is 1.81. The second kappa shape index (κ2) is 14.9. The van der Waals surface area contributed by atoms with E-state index in [1.54, 1.807) is 6.07 Å². The highest BCUT2D eigenvalue weighted by molar-refractivity contribution is 5.38. The summed E-state index contributed by atoms with van der Waals surface area (Å²) < 4.78 is 0. The molecule has 1 aromatic carbocycles. The Morgan fingerprint density at radius 1 is 0.654 bits per heavy atom. The summed E-state index contributed by atoms with van der Waals surface area (Å²) in [5.74, 6) is 1.23. The first-order chi connectivity index (χ1) is 12.6. The van der Waals surface area contributed by atoms with Crippen molar-refractivity contribution in [2.75, 3.05) is 0 Å². The van der Waals surface area contributed by atoms with E-state index in [0.29, 0.717) is 0 Å². The summed E-state index contributed by atoms with van der Waals surface area (Å²) in [6, 6.07) is 4.91. The molecule has 0 bridgehead atoms. The molecular weight excluding hydrogens is 320 g/mol. The molecular formula is C24H42O2. The Kier molecular flexibility index (Phi) is 13.1. The van der Waals surface area contributed by atoms with Crippen LogP contribution in [0.2, 0.25) is 0 Å². The van der Waals surface area contributed by atoms with Crippen LogP contribution < -0.4 is 0 Å². The summed E-state index contributed by atoms with van der Waals surface area (Å²) in [5, 5.41) is 19.0. The molecule has 0 unspecified atom stereocenters. The van der Waals surface area contributed by atoms with Crippen LogP contribution >= 0.6 is 0 Å². The van der Waals surface area contributed by atoms with E-state index in [4.69, 9.17) is 0 Å². The Morgan fingerprint density at radius 2 is 1.12 bits per heavy atom. The number of hydrogen-bond acceptors (Lipinski definition) is 2. The number of phenolic OH excluding ortho intramolecular Hbond substituents is 2. The lowest BCUT2D eigenvalue weighted by Crippen LogP contribution is -1.88. The number of benzene rings is 1. The largest absolute Gasteiger partial charge is 0.508 e. The van der Waals surface area contributed by atoms with E-state index < -0.39 is 0 Å². The third-order valence-corrected chi connectivity index (χ3v) is 5.30. The van der Waals surface area contributed by atoms with Gasteiger partial charge in [-0.15, -0.1) is 0 Å². The minimum absolute atomic E-state index is 0.136. The van der Waals surface area contributed by atoms with E-state index in [-0.39, 0.29) is 11.5 Å². The molecule has 26 heavy (non-hydrogen) atoms. The van der Waals surface area contributed by atoms with E-state index in [9.17, 15) is 10.2 Å². The number of unbranched alkanes of at least 4 members (excludes halogenated alkanes) is 12. The zero-order chi connectivity index (χ0) is 19.0. The Hall–Kier alpha value is -1.18. The summed E-state index contributed by atoms with van der Waals surface area (Å²) in [7, 11) is 0. The number of phenols is 2. The Bertz CT molecular complexity index is 454. The molecule has 0 spiro atoms. The average molecular weight is 363 g/mol. The topological polar surface area (TPSA) is 40.5 Å². The van der Waals surface area contributed by atoms with Crippen LogP contribution in [0.3, 0.4) is 0 Å². The molecule has 0 fully saturated rings. The van der Waals surface area contributed by atoms with Crippen molar-refractivity contribution in [1.82, 2.24) is 0 Å². The van der Waals surface area contributed by atoms with E-state index in [2.05, 4.69) is 13.8 Å². The van der Waals surface area contributed by atoms with Gasteiger partial charge in [0, 0.05) is 6.07 Å². The average Bonchev–Trinajstić information content (AvgIpc) is 2.59. The van der Waals surface area contributed by atoms with E-state index in [0.717, 1.165) is 24.3 Å². The van der Waals surface area contributed by atoms with Gasteiger partial charge in [-0.2, -0.15) is 0 Å². The standard InChI is InChI=1S/C24H42O2/c1-21(2)16-14-12-10-8-6-4-3-5-7-9-11-13-15-17-22-18-19-23(25)20-24(22)26/h18-21,25-26H,3-17H2,1-2H3. The highest BCUT2D eigenvalue weighted by Gasteiger charge is 2.02. The van der Waals surface area contributed by atoms with Gasteiger partial charge in [0.05, 0.1) is 0 Å². The van der Waals surface area contributed by atoms with Gasteiger partial charge in [-0.05, 0) is 30.4 Å². The molecule has 0 saturated heterocycles. The van der Waals surface area contributed by atoms with Crippen LogP contribution in [-0.4, -0.2) is 10.2 Å². The monoisotopic (exact) mass is 362 g/mol. The molecule has 2 heteroatoms. The van der Waals surface area contributed by atoms with Crippen molar-refractivity contribution in [2.45, 2.75) is 110 Å². The maximum atomic E-state index is 9.76. The zero-order valence-electron chi connectivity index (χ0n) is 17.3. The van der Waals surface area contributed by atoms with Crippen molar-refractivity contribution in [1.29, 1.82) is 0 Å². The molecule has 0 aromatic heterocycles. The predicted molar refractivity (Wildman–Crippen MR) is 113 cm³/mol. The van der Waals surface area contributed by atoms with Gasteiger partial charge in [0.2, 0.25) is 0 Å². The molecule has 0 aliphatic carbocycles. The molecule has 0 radical (unpaired) electrons. The predicted octanol–water partition coefficient (Wildman–Crippen LogP) is 7.76. The van der Waals surface area contributed by atoms with Crippen LogP contribution in [-0.2, 0) is 6.42 Å². The number of rotatable bonds is 16. The quantitative estimate of drug-likeness (QED) is 0.295. The molecule has 0 saturated carbocycles. The molecule has 0 amide bonds. The Labute approximate surface area is 162 Å². The smallest absolute Gasteiger partial charge is 0.122 e. The van der Waals surface area contributed by atoms with Crippen molar-refractivity contribution >= 4 is 0 Å². The molecule has 0 heterocycles. The van der Waals surface area contributed by atoms with Gasteiger partial charge in [-0.3, -0.25) is 0 Å². The molecule has 0 atom stereocenters. The zero-order valence-corrected chi connectivity index (χ0v) is 17.3. The molecule has 0 aliphatic heterocycles. The Morgan fingerprint density at radius 3 is 1.58 bits per heavy atom. The molecule has 2 N–H and O–H groups in total. The lowest BCUT2D eigenvalue weighted by atomic mass is 10.0. The van der Waals surface area contributed by atoms with Gasteiger partial charge < -0.3 is 10.2 Å². The fourth-order valence-corrected chi connectivity index (χ4v) is 3.58. The van der Waals surface area contributed by atoms with Crippen molar-refractivity contribution < 1.29 is 10.2 Å². The minimum atomic E-state index is 0.136. The van der Waals surface area contributed by atoms with Gasteiger partial charge in [0.1, 0.15) is 11.5 Å². The maximum absolute atomic E-state index is 9.76. The first-order valence-electron chi connectivity index (χ1n) is 11.1. The van der Waals surface area contributed by atoms with Crippen LogP contribution in [0.5, 0.6) is 11.5 Å². The van der Waals surface area contributed by atoms with E-state index >= 15 is 0 Å². The molecule has 1 aromatic rings. The SMILES string of the molecule is CC(C)CCCCCCCCCCCCCCCc1ccc(O)cc1O. The second-order valence-electron chi connectivity index (χ2n) is 8.34. The van der Waals surface area contributed by atoms with Crippen molar-refractivity contribution in [3.63, 3.8) is 0 Å². The first kappa shape index (κ1) is 22.9. The highest BCUT2D eigenvalue weighted by Crippen LogP contribution is 2.24. The number of aryl methyl sites for hydroxylation is 1. The van der Waals surface area contributed by atoms with E-state index in [1.807, 2.05) is 6.07 Å². The van der Waals surface area contributed by atoms with Crippen LogP contribution in [0.4, 0.5) is 0 Å². The summed E-state index contributed by atoms with van der Waals surface area (Å²) in [4.78, 5) is 0. The van der Waals surface area contributed by atoms with Gasteiger partial charge in [-0.25, -0.2) is 0 Å². The third-order valence-electron chi connectivity index (χ3n) is 5.30. The normalized spacial score (nSPS) is 11.3. The summed E-state index contributed by atoms with van der Waals surface area (Å²) in [5.41, 5.74) is 0.951. The summed E-state index contributed by atoms with van der Waals surface area (Å²) >= 11 is 0. The number of aromatic hydroxyl groups is 2. The van der Waals surface area contributed by atoms with Crippen LogP contribution in [0.1, 0.15) is 109 Å². The third kappa shape index (κ3) is 12.2. The van der Waals surface area contributed by atoms with Gasteiger partial charge in [-0.1, -0.05) is 103 Å². The van der Waals surface area contributed by atoms with Gasteiger partial charge >= 0.3 is 0 Å². The fraction of sp³-hybridized carbons (Fsp3) is 0.750. The van der Waals surface area contributed by atoms with E-state index in [1.165, 1.54) is 89.5 Å². The van der Waals surface area contributed by atoms with Crippen molar-refractivity contribution in [3.8, 4) is 11.5 Å². The summed E-state index contributed by atoms with van der Waals surface area (Å²) in [6.45, 7) is 4.64. The maximum Gasteiger partial charge on any atom is 0.122 e. The van der Waals surface area contributed by atoms with Crippen LogP contribution in [0.25, 0.3) is 0 Å². The number of hydrogen-bond donors (Lipinski definition) is 2. The van der Waals surface area contributed by atoms with Crippen molar-refractivity contribution in [3.05, 3.63) is 23.8 Å². The molecule has 0 aliphatic rings. The molecule has 150 valence electrons. The van der Waals surface area contributed by atoms with Crippen molar-refractivity contribution in [2.24, 2.45) is 5.92 Å². The molecule has 2 nitrogen and oxygen atoms in total.